The molecule has 5 aromatic rings. The van der Waals surface area contributed by atoms with Crippen molar-refractivity contribution in [2.24, 2.45) is 0 Å². The molecule has 1 aromatic heterocycles. The van der Waals surface area contributed by atoms with Crippen LogP contribution in [0.2, 0.25) is 0 Å². The largest absolute Gasteiger partial charge is 0.497 e. The molecule has 9 heteroatoms. The van der Waals surface area contributed by atoms with Crippen LogP contribution in [0.3, 0.4) is 0 Å². The van der Waals surface area contributed by atoms with Crippen molar-refractivity contribution in [3.05, 3.63) is 91.0 Å². The Balaban J connectivity index is 1.40. The number of ether oxygens (including phenoxy) is 2. The van der Waals surface area contributed by atoms with Crippen LogP contribution < -0.4 is 14.2 Å². The molecule has 0 aliphatic rings. The van der Waals surface area contributed by atoms with Gasteiger partial charge in [0.1, 0.15) is 11.5 Å². The third-order valence-corrected chi connectivity index (χ3v) is 9.20. The summed E-state index contributed by atoms with van der Waals surface area (Å²) in [5.74, 6) is 2.09. The summed E-state index contributed by atoms with van der Waals surface area (Å²) in [5, 5.41) is 2.74. The second kappa shape index (κ2) is 12.8. The minimum absolute atomic E-state index is 0.261. The maximum atomic E-state index is 13.0. The number of benzene rings is 4. The molecule has 0 saturated heterocycles. The maximum absolute atomic E-state index is 13.0. The highest BCUT2D eigenvalue weighted by Gasteiger charge is 2.21. The second-order valence-electron chi connectivity index (χ2n) is 9.46. The van der Waals surface area contributed by atoms with Crippen LogP contribution in [0.15, 0.2) is 101 Å². The molecular formula is C32H33N3O4S2. The number of fused-ring (bicyclic) bond motifs is 1. The normalized spacial score (nSPS) is 11.6. The average molecular weight is 588 g/mol. The van der Waals surface area contributed by atoms with E-state index in [9.17, 15) is 8.42 Å². The summed E-state index contributed by atoms with van der Waals surface area (Å²) in [6.07, 6.45) is 0.920. The Morgan fingerprint density at radius 1 is 0.829 bits per heavy atom. The van der Waals surface area contributed by atoms with Crippen molar-refractivity contribution in [3.8, 4) is 34.0 Å². The summed E-state index contributed by atoms with van der Waals surface area (Å²) in [6, 6.07) is 28.8. The van der Waals surface area contributed by atoms with Crippen LogP contribution in [0.4, 0.5) is 0 Å². The molecule has 0 fully saturated rings. The van der Waals surface area contributed by atoms with Gasteiger partial charge in [0.2, 0.25) is 10.0 Å². The first-order chi connectivity index (χ1) is 19.9. The van der Waals surface area contributed by atoms with Crippen LogP contribution in [0.25, 0.3) is 33.3 Å². The number of sulfonamides is 1. The van der Waals surface area contributed by atoms with E-state index in [0.29, 0.717) is 5.75 Å². The topological polar surface area (TPSA) is 82.5 Å². The van der Waals surface area contributed by atoms with Gasteiger partial charge in [0, 0.05) is 30.0 Å². The Morgan fingerprint density at radius 2 is 1.46 bits per heavy atom. The van der Waals surface area contributed by atoms with E-state index in [2.05, 4.69) is 16.2 Å². The van der Waals surface area contributed by atoms with Crippen molar-refractivity contribution in [1.82, 2.24) is 14.3 Å². The number of nitrogens with one attached hydrogen (secondary N) is 1. The lowest BCUT2D eigenvalue weighted by molar-refractivity contribution is 0.414. The fourth-order valence-corrected chi connectivity index (χ4v) is 6.78. The minimum atomic E-state index is -3.64. The molecule has 212 valence electrons. The Bertz CT molecular complexity index is 1730. The van der Waals surface area contributed by atoms with E-state index in [0.717, 1.165) is 62.9 Å². The van der Waals surface area contributed by atoms with Crippen LogP contribution in [-0.4, -0.2) is 44.5 Å². The summed E-state index contributed by atoms with van der Waals surface area (Å²) in [7, 11) is -0.339. The highest BCUT2D eigenvalue weighted by atomic mass is 32.2. The first-order valence-electron chi connectivity index (χ1n) is 13.4. The van der Waals surface area contributed by atoms with Crippen molar-refractivity contribution in [1.29, 1.82) is 0 Å². The molecule has 0 aliphatic heterocycles. The molecule has 5 rings (SSSR count). The number of imidazole rings is 1. The third kappa shape index (κ3) is 6.43. The van der Waals surface area contributed by atoms with Gasteiger partial charge in [0.05, 0.1) is 30.5 Å². The number of methoxy groups -OCH3 is 2. The van der Waals surface area contributed by atoms with Crippen molar-refractivity contribution in [2.45, 2.75) is 29.9 Å². The molecule has 1 heterocycles. The lowest BCUT2D eigenvalue weighted by Crippen LogP contribution is -2.26. The van der Waals surface area contributed by atoms with Gasteiger partial charge in [0.15, 0.2) is 5.16 Å². The smallest absolute Gasteiger partial charge is 0.240 e. The SMILES string of the molecule is CCCn1c(SCCNS(=O)(=O)c2ccc3ccccc3c2)nc(-c2ccc(OC)cc2)c1-c1ccc(OC)cc1. The Labute approximate surface area is 245 Å². The van der Waals surface area contributed by atoms with E-state index in [1.165, 1.54) is 0 Å². The minimum Gasteiger partial charge on any atom is -0.497 e. The van der Waals surface area contributed by atoms with Gasteiger partial charge < -0.3 is 14.0 Å². The van der Waals surface area contributed by atoms with Gasteiger partial charge in [-0.3, -0.25) is 0 Å². The van der Waals surface area contributed by atoms with Gasteiger partial charge >= 0.3 is 0 Å². The summed E-state index contributed by atoms with van der Waals surface area (Å²) in [6.45, 7) is 3.18. The molecule has 0 amide bonds. The maximum Gasteiger partial charge on any atom is 0.240 e. The van der Waals surface area contributed by atoms with Crippen LogP contribution in [0.1, 0.15) is 13.3 Å². The first-order valence-corrected chi connectivity index (χ1v) is 15.9. The Kier molecular flexibility index (Phi) is 8.97. The molecule has 4 aromatic carbocycles. The fraction of sp³-hybridized carbons (Fsp3) is 0.219. The van der Waals surface area contributed by atoms with E-state index in [4.69, 9.17) is 14.5 Å². The molecule has 0 atom stereocenters. The van der Waals surface area contributed by atoms with E-state index >= 15 is 0 Å². The van der Waals surface area contributed by atoms with Crippen molar-refractivity contribution < 1.29 is 17.9 Å². The molecule has 0 bridgehead atoms. The van der Waals surface area contributed by atoms with Gasteiger partial charge in [-0.25, -0.2) is 18.1 Å². The predicted molar refractivity (Wildman–Crippen MR) is 166 cm³/mol. The number of rotatable bonds is 12. The molecule has 0 unspecified atom stereocenters. The zero-order valence-electron chi connectivity index (χ0n) is 23.3. The van der Waals surface area contributed by atoms with Crippen molar-refractivity contribution in [2.75, 3.05) is 26.5 Å². The Morgan fingerprint density at radius 3 is 2.10 bits per heavy atom. The molecule has 1 N–H and O–H groups in total. The molecule has 7 nitrogen and oxygen atoms in total. The zero-order chi connectivity index (χ0) is 28.8. The van der Waals surface area contributed by atoms with E-state index in [1.807, 2.05) is 78.9 Å². The summed E-state index contributed by atoms with van der Waals surface area (Å²) in [5.41, 5.74) is 3.89. The van der Waals surface area contributed by atoms with Gasteiger partial charge in [0.25, 0.3) is 0 Å². The molecular weight excluding hydrogens is 555 g/mol. The lowest BCUT2D eigenvalue weighted by Gasteiger charge is -2.13. The van der Waals surface area contributed by atoms with E-state index in [1.54, 1.807) is 38.1 Å². The van der Waals surface area contributed by atoms with Crippen LogP contribution in [0.5, 0.6) is 11.5 Å². The van der Waals surface area contributed by atoms with Gasteiger partial charge in [-0.2, -0.15) is 0 Å². The average Bonchev–Trinajstić information content (AvgIpc) is 3.37. The van der Waals surface area contributed by atoms with Crippen molar-refractivity contribution >= 4 is 32.6 Å². The quantitative estimate of drug-likeness (QED) is 0.127. The number of aromatic nitrogens is 2. The lowest BCUT2D eigenvalue weighted by atomic mass is 10.0. The van der Waals surface area contributed by atoms with Gasteiger partial charge in [-0.05, 0) is 77.9 Å². The van der Waals surface area contributed by atoms with E-state index < -0.39 is 10.0 Å². The summed E-state index contributed by atoms with van der Waals surface area (Å²) < 4.78 is 41.8. The monoisotopic (exact) mass is 587 g/mol. The standard InChI is InChI=1S/C32H33N3O4S2/c1-4-20-35-31(25-11-16-28(39-3)17-12-25)30(24-9-14-27(38-2)15-10-24)34-32(35)40-21-19-33-41(36,37)29-18-13-23-7-5-6-8-26(23)22-29/h5-18,22,33H,4,19-21H2,1-3H3. The number of thioether (sulfide) groups is 1. The Hall–Kier alpha value is -3.79. The molecule has 41 heavy (non-hydrogen) atoms. The molecule has 0 aliphatic carbocycles. The summed E-state index contributed by atoms with van der Waals surface area (Å²) in [4.78, 5) is 5.34. The van der Waals surface area contributed by atoms with Crippen LogP contribution in [0, 0.1) is 0 Å². The first kappa shape index (κ1) is 28.7. The number of nitrogens with zero attached hydrogens (tertiary/aromatic N) is 2. The second-order valence-corrected chi connectivity index (χ2v) is 12.3. The molecule has 0 saturated carbocycles. The van der Waals surface area contributed by atoms with Crippen molar-refractivity contribution in [3.63, 3.8) is 0 Å². The number of hydrogen-bond acceptors (Lipinski definition) is 6. The summed E-state index contributed by atoms with van der Waals surface area (Å²) >= 11 is 1.54. The van der Waals surface area contributed by atoms with Crippen LogP contribution >= 0.6 is 11.8 Å². The molecule has 0 radical (unpaired) electrons. The highest BCUT2D eigenvalue weighted by Crippen LogP contribution is 2.37. The third-order valence-electron chi connectivity index (χ3n) is 6.76. The molecule has 0 spiro atoms. The van der Waals surface area contributed by atoms with Gasteiger partial charge in [-0.15, -0.1) is 0 Å². The predicted octanol–water partition coefficient (Wildman–Crippen LogP) is 6.87. The number of hydrogen-bond donors (Lipinski definition) is 1. The van der Waals surface area contributed by atoms with Crippen LogP contribution in [-0.2, 0) is 16.6 Å². The zero-order valence-corrected chi connectivity index (χ0v) is 25.0. The van der Waals surface area contributed by atoms with E-state index in [-0.39, 0.29) is 11.4 Å². The van der Waals surface area contributed by atoms with Gasteiger partial charge in [-0.1, -0.05) is 49.0 Å². The highest BCUT2D eigenvalue weighted by molar-refractivity contribution is 7.99. The fourth-order valence-electron chi connectivity index (χ4n) is 4.70.